The van der Waals surface area contributed by atoms with E-state index in [1.54, 1.807) is 0 Å². The number of piperazine rings is 2. The van der Waals surface area contributed by atoms with Crippen LogP contribution >= 0.6 is 0 Å². The minimum Gasteiger partial charge on any atom is -0.297 e. The first-order chi connectivity index (χ1) is 12.1. The highest BCUT2D eigenvalue weighted by atomic mass is 15.4. The Labute approximate surface area is 162 Å². The summed E-state index contributed by atoms with van der Waals surface area (Å²) in [5, 5.41) is 0. The first kappa shape index (κ1) is 20.5. The molecule has 0 radical (unpaired) electrons. The number of nitrogens with zero attached hydrogens (tertiary/aromatic N) is 5. The fraction of sp³-hybridized carbons (Fsp3) is 1.00. The van der Waals surface area contributed by atoms with Gasteiger partial charge in [-0.2, -0.15) is 0 Å². The van der Waals surface area contributed by atoms with Crippen LogP contribution in [0.15, 0.2) is 0 Å². The van der Waals surface area contributed by atoms with Gasteiger partial charge in [-0.1, -0.05) is 0 Å². The Bertz CT molecular complexity index is 436. The Morgan fingerprint density at radius 2 is 1.12 bits per heavy atom. The molecule has 0 aromatic rings. The van der Waals surface area contributed by atoms with Crippen LogP contribution in [0.5, 0.6) is 0 Å². The molecule has 0 bridgehead atoms. The summed E-state index contributed by atoms with van der Waals surface area (Å²) in [7, 11) is 0. The van der Waals surface area contributed by atoms with E-state index in [0.29, 0.717) is 11.1 Å². The van der Waals surface area contributed by atoms with Gasteiger partial charge in [0.05, 0.1) is 6.67 Å². The van der Waals surface area contributed by atoms with E-state index in [1.807, 2.05) is 0 Å². The van der Waals surface area contributed by atoms with Crippen LogP contribution in [0.1, 0.15) is 48.0 Å². The second-order valence-electron chi connectivity index (χ2n) is 10.6. The maximum Gasteiger partial charge on any atom is 0.0507 e. The fourth-order valence-electron chi connectivity index (χ4n) is 4.84. The summed E-state index contributed by atoms with van der Waals surface area (Å²) in [5.41, 5.74) is 0.642. The molecule has 0 N–H and O–H groups in total. The van der Waals surface area contributed by atoms with E-state index < -0.39 is 0 Å². The zero-order chi connectivity index (χ0) is 18.9. The molecule has 3 heterocycles. The van der Waals surface area contributed by atoms with Gasteiger partial charge in [0.2, 0.25) is 0 Å². The molecule has 0 aromatic heterocycles. The number of hydrogen-bond donors (Lipinski definition) is 0. The summed E-state index contributed by atoms with van der Waals surface area (Å²) < 4.78 is 0. The Balaban J connectivity index is 1.39. The molecule has 5 nitrogen and oxygen atoms in total. The molecule has 0 amide bonds. The molecular weight excluding hydrogens is 322 g/mol. The van der Waals surface area contributed by atoms with Crippen molar-refractivity contribution in [3.05, 3.63) is 0 Å². The van der Waals surface area contributed by atoms with E-state index >= 15 is 0 Å². The molecule has 152 valence electrons. The Kier molecular flexibility index (Phi) is 6.35. The summed E-state index contributed by atoms with van der Waals surface area (Å²) in [6.45, 7) is 27.6. The Morgan fingerprint density at radius 3 is 1.62 bits per heavy atom. The first-order valence-electron chi connectivity index (χ1n) is 10.8. The molecule has 3 fully saturated rings. The summed E-state index contributed by atoms with van der Waals surface area (Å²) >= 11 is 0. The summed E-state index contributed by atoms with van der Waals surface area (Å²) in [6.07, 6.45) is 1.36. The maximum atomic E-state index is 2.76. The monoisotopic (exact) mass is 365 g/mol. The number of likely N-dealkylation sites (tertiary alicyclic amines) is 1. The van der Waals surface area contributed by atoms with Gasteiger partial charge in [-0.15, -0.1) is 0 Å². The van der Waals surface area contributed by atoms with Crippen LogP contribution in [0.3, 0.4) is 0 Å². The average Bonchev–Trinajstić information content (AvgIpc) is 3.02. The van der Waals surface area contributed by atoms with Gasteiger partial charge in [0.1, 0.15) is 0 Å². The van der Waals surface area contributed by atoms with Crippen molar-refractivity contribution < 1.29 is 0 Å². The SMILES string of the molecule is CC(C)(C)N1CCN(CN2CCC(N3CCN(C(C)(C)C)CC3)C2)CC1. The zero-order valence-electron chi connectivity index (χ0n) is 18.3. The second kappa shape index (κ2) is 8.04. The van der Waals surface area contributed by atoms with Crippen molar-refractivity contribution in [3.63, 3.8) is 0 Å². The van der Waals surface area contributed by atoms with Gasteiger partial charge in [-0.05, 0) is 48.0 Å². The fourth-order valence-corrected chi connectivity index (χ4v) is 4.84. The van der Waals surface area contributed by atoms with Crippen molar-refractivity contribution in [1.29, 1.82) is 0 Å². The van der Waals surface area contributed by atoms with E-state index in [2.05, 4.69) is 66.0 Å². The topological polar surface area (TPSA) is 16.2 Å². The molecule has 5 heteroatoms. The lowest BCUT2D eigenvalue weighted by Gasteiger charge is -2.44. The maximum absolute atomic E-state index is 2.76. The highest BCUT2D eigenvalue weighted by molar-refractivity contribution is 4.89. The summed E-state index contributed by atoms with van der Waals surface area (Å²) in [6, 6.07) is 0.785. The number of rotatable bonds is 3. The van der Waals surface area contributed by atoms with Crippen LogP contribution in [0.25, 0.3) is 0 Å². The van der Waals surface area contributed by atoms with Crippen LogP contribution in [-0.2, 0) is 0 Å². The van der Waals surface area contributed by atoms with Crippen LogP contribution in [0.2, 0.25) is 0 Å². The van der Waals surface area contributed by atoms with Gasteiger partial charge < -0.3 is 0 Å². The number of hydrogen-bond acceptors (Lipinski definition) is 5. The molecule has 1 unspecified atom stereocenters. The lowest BCUT2D eigenvalue weighted by atomic mass is 10.0. The minimum absolute atomic E-state index is 0.319. The van der Waals surface area contributed by atoms with E-state index in [1.165, 1.54) is 78.5 Å². The molecule has 0 aromatic carbocycles. The predicted octanol–water partition coefficient (Wildman–Crippen LogP) is 1.85. The van der Waals surface area contributed by atoms with Gasteiger partial charge in [-0.3, -0.25) is 24.5 Å². The third kappa shape index (κ3) is 5.20. The van der Waals surface area contributed by atoms with Crippen molar-refractivity contribution in [3.8, 4) is 0 Å². The van der Waals surface area contributed by atoms with Crippen LogP contribution in [-0.4, -0.2) is 114 Å². The summed E-state index contributed by atoms with van der Waals surface area (Å²) in [5.74, 6) is 0. The standard InChI is InChI=1S/C21H43N5/c1-20(2,3)25-13-9-22(10-14-25)18-23-8-7-19(17-23)24-11-15-26(16-12-24)21(4,5)6/h19H,7-18H2,1-6H3. The van der Waals surface area contributed by atoms with Gasteiger partial charge in [-0.25, -0.2) is 0 Å². The molecule has 0 saturated carbocycles. The van der Waals surface area contributed by atoms with Crippen molar-refractivity contribution in [2.75, 3.05) is 72.1 Å². The zero-order valence-corrected chi connectivity index (χ0v) is 18.3. The average molecular weight is 366 g/mol. The largest absolute Gasteiger partial charge is 0.297 e. The van der Waals surface area contributed by atoms with Crippen molar-refractivity contribution in [2.24, 2.45) is 0 Å². The van der Waals surface area contributed by atoms with E-state index in [-0.39, 0.29) is 0 Å². The van der Waals surface area contributed by atoms with Crippen LogP contribution in [0, 0.1) is 0 Å². The highest BCUT2D eigenvalue weighted by Crippen LogP contribution is 2.22. The van der Waals surface area contributed by atoms with Gasteiger partial charge in [0.15, 0.2) is 0 Å². The van der Waals surface area contributed by atoms with Crippen molar-refractivity contribution in [2.45, 2.75) is 65.1 Å². The molecule has 1 atom stereocenters. The van der Waals surface area contributed by atoms with Gasteiger partial charge in [0.25, 0.3) is 0 Å². The predicted molar refractivity (Wildman–Crippen MR) is 111 cm³/mol. The van der Waals surface area contributed by atoms with E-state index in [0.717, 1.165) is 6.04 Å². The third-order valence-electron chi connectivity index (χ3n) is 6.75. The Hall–Kier alpha value is -0.200. The van der Waals surface area contributed by atoms with Gasteiger partial charge in [0, 0.05) is 82.6 Å². The molecule has 0 spiro atoms. The second-order valence-corrected chi connectivity index (χ2v) is 10.6. The smallest absolute Gasteiger partial charge is 0.0507 e. The molecule has 0 aliphatic carbocycles. The molecule has 3 saturated heterocycles. The minimum atomic E-state index is 0.319. The van der Waals surface area contributed by atoms with E-state index in [9.17, 15) is 0 Å². The molecule has 3 aliphatic rings. The highest BCUT2D eigenvalue weighted by Gasteiger charge is 2.33. The van der Waals surface area contributed by atoms with Crippen LogP contribution < -0.4 is 0 Å². The molecule has 26 heavy (non-hydrogen) atoms. The lowest BCUT2D eigenvalue weighted by Crippen LogP contribution is -2.56. The third-order valence-corrected chi connectivity index (χ3v) is 6.75. The normalized spacial score (nSPS) is 29.5. The quantitative estimate of drug-likeness (QED) is 0.756. The van der Waals surface area contributed by atoms with Crippen molar-refractivity contribution in [1.82, 2.24) is 24.5 Å². The molecular formula is C21H43N5. The van der Waals surface area contributed by atoms with Crippen LogP contribution in [0.4, 0.5) is 0 Å². The Morgan fingerprint density at radius 1 is 0.615 bits per heavy atom. The summed E-state index contributed by atoms with van der Waals surface area (Å²) in [4.78, 5) is 13.4. The van der Waals surface area contributed by atoms with Crippen molar-refractivity contribution >= 4 is 0 Å². The molecule has 3 rings (SSSR count). The lowest BCUT2D eigenvalue weighted by molar-refractivity contribution is 0.0294. The van der Waals surface area contributed by atoms with E-state index in [4.69, 9.17) is 0 Å². The first-order valence-corrected chi connectivity index (χ1v) is 10.8. The molecule has 3 aliphatic heterocycles. The van der Waals surface area contributed by atoms with Gasteiger partial charge >= 0.3 is 0 Å².